The van der Waals surface area contributed by atoms with E-state index in [2.05, 4.69) is 27.8 Å². The van der Waals surface area contributed by atoms with Crippen molar-refractivity contribution in [3.8, 4) is 6.07 Å². The van der Waals surface area contributed by atoms with Gasteiger partial charge in [-0.3, -0.25) is 0 Å². The Morgan fingerprint density at radius 2 is 2.24 bits per heavy atom. The van der Waals surface area contributed by atoms with Crippen molar-refractivity contribution in [3.05, 3.63) is 51.2 Å². The largest absolute Gasteiger partial charge is 0.369 e. The van der Waals surface area contributed by atoms with Crippen molar-refractivity contribution in [2.45, 2.75) is 6.54 Å². The van der Waals surface area contributed by atoms with Crippen LogP contribution in [0, 0.1) is 11.3 Å². The molecule has 1 aromatic carbocycles. The van der Waals surface area contributed by atoms with Gasteiger partial charge in [-0.15, -0.1) is 0 Å². The van der Waals surface area contributed by atoms with Gasteiger partial charge in [0, 0.05) is 18.6 Å². The van der Waals surface area contributed by atoms with E-state index in [1.807, 2.05) is 19.2 Å². The summed E-state index contributed by atoms with van der Waals surface area (Å²) in [6.45, 7) is 0.791. The van der Waals surface area contributed by atoms with Gasteiger partial charge in [-0.05, 0) is 40.6 Å². The van der Waals surface area contributed by atoms with Crippen LogP contribution in [0.3, 0.4) is 0 Å². The second-order valence-electron chi connectivity index (χ2n) is 3.76. The van der Waals surface area contributed by atoms with E-state index in [1.165, 1.54) is 5.56 Å². The fourth-order valence-corrected chi connectivity index (χ4v) is 2.50. The molecular formula is C13H11ClN2S. The zero-order valence-corrected chi connectivity index (χ0v) is 10.9. The van der Waals surface area contributed by atoms with Gasteiger partial charge in [0.15, 0.2) is 0 Å². The predicted octanol–water partition coefficient (Wildman–Crippen LogP) is 3.91. The second kappa shape index (κ2) is 5.22. The maximum absolute atomic E-state index is 9.08. The second-order valence-corrected chi connectivity index (χ2v) is 4.98. The van der Waals surface area contributed by atoms with E-state index in [9.17, 15) is 0 Å². The zero-order chi connectivity index (χ0) is 12.3. The van der Waals surface area contributed by atoms with Gasteiger partial charge < -0.3 is 4.90 Å². The average Bonchev–Trinajstić information content (AvgIpc) is 2.81. The number of nitriles is 1. The number of hydrogen-bond acceptors (Lipinski definition) is 3. The Balaban J connectivity index is 2.25. The van der Waals surface area contributed by atoms with Crippen LogP contribution in [0.25, 0.3) is 0 Å². The molecule has 2 aromatic rings. The van der Waals surface area contributed by atoms with Crippen LogP contribution in [0.5, 0.6) is 0 Å². The van der Waals surface area contributed by atoms with E-state index in [-0.39, 0.29) is 0 Å². The number of rotatable bonds is 3. The highest BCUT2D eigenvalue weighted by Gasteiger charge is 2.08. The Morgan fingerprint density at radius 3 is 2.88 bits per heavy atom. The molecule has 1 aromatic heterocycles. The van der Waals surface area contributed by atoms with Crippen molar-refractivity contribution in [2.75, 3.05) is 11.9 Å². The number of hydrogen-bond donors (Lipinski definition) is 0. The molecule has 0 saturated heterocycles. The lowest BCUT2D eigenvalue weighted by Crippen LogP contribution is -2.17. The minimum absolute atomic E-state index is 0.592. The van der Waals surface area contributed by atoms with E-state index in [0.717, 1.165) is 12.2 Å². The summed E-state index contributed by atoms with van der Waals surface area (Å²) in [6, 6.07) is 9.64. The summed E-state index contributed by atoms with van der Waals surface area (Å²) in [5.74, 6) is 0. The lowest BCUT2D eigenvalue weighted by Gasteiger charge is -2.20. The first kappa shape index (κ1) is 12.0. The molecule has 17 heavy (non-hydrogen) atoms. The van der Waals surface area contributed by atoms with Crippen molar-refractivity contribution in [3.63, 3.8) is 0 Å². The first-order valence-corrected chi connectivity index (χ1v) is 6.44. The first-order valence-electron chi connectivity index (χ1n) is 5.12. The highest BCUT2D eigenvalue weighted by atomic mass is 35.5. The van der Waals surface area contributed by atoms with E-state index in [1.54, 1.807) is 17.4 Å². The SMILES string of the molecule is CN(Cc1ccsc1)c1ccc(Cl)cc1C#N. The Bertz CT molecular complexity index is 543. The number of halogens is 1. The van der Waals surface area contributed by atoms with E-state index in [4.69, 9.17) is 16.9 Å². The third-order valence-corrected chi connectivity index (χ3v) is 3.46. The fraction of sp³-hybridized carbons (Fsp3) is 0.154. The summed E-state index contributed by atoms with van der Waals surface area (Å²) in [6.07, 6.45) is 0. The summed E-state index contributed by atoms with van der Waals surface area (Å²) in [4.78, 5) is 2.05. The monoisotopic (exact) mass is 262 g/mol. The standard InChI is InChI=1S/C13H11ClN2S/c1-16(8-10-4-5-17-9-10)13-3-2-12(14)6-11(13)7-15/h2-6,9H,8H2,1H3. The van der Waals surface area contributed by atoms with Gasteiger partial charge in [-0.25, -0.2) is 0 Å². The van der Waals surface area contributed by atoms with Gasteiger partial charge in [0.2, 0.25) is 0 Å². The third kappa shape index (κ3) is 2.79. The maximum Gasteiger partial charge on any atom is 0.101 e. The summed E-state index contributed by atoms with van der Waals surface area (Å²) in [5, 5.41) is 13.8. The molecule has 4 heteroatoms. The molecule has 0 aliphatic heterocycles. The van der Waals surface area contributed by atoms with Crippen molar-refractivity contribution < 1.29 is 0 Å². The van der Waals surface area contributed by atoms with Crippen LogP contribution in [0.1, 0.15) is 11.1 Å². The zero-order valence-electron chi connectivity index (χ0n) is 9.35. The predicted molar refractivity (Wildman–Crippen MR) is 72.6 cm³/mol. The minimum Gasteiger partial charge on any atom is -0.369 e. The summed E-state index contributed by atoms with van der Waals surface area (Å²) >= 11 is 7.55. The van der Waals surface area contributed by atoms with Crippen LogP contribution in [0.15, 0.2) is 35.0 Å². The van der Waals surface area contributed by atoms with Crippen molar-refractivity contribution in [1.82, 2.24) is 0 Å². The van der Waals surface area contributed by atoms with Crippen molar-refractivity contribution in [1.29, 1.82) is 5.26 Å². The van der Waals surface area contributed by atoms with Crippen LogP contribution in [-0.2, 0) is 6.54 Å². The molecule has 1 heterocycles. The van der Waals surface area contributed by atoms with Crippen molar-refractivity contribution >= 4 is 28.6 Å². The van der Waals surface area contributed by atoms with E-state index >= 15 is 0 Å². The minimum atomic E-state index is 0.592. The molecule has 2 rings (SSSR count). The Morgan fingerprint density at radius 1 is 1.41 bits per heavy atom. The molecule has 0 N–H and O–H groups in total. The lowest BCUT2D eigenvalue weighted by atomic mass is 10.1. The fourth-order valence-electron chi connectivity index (χ4n) is 1.67. The maximum atomic E-state index is 9.08. The van der Waals surface area contributed by atoms with Gasteiger partial charge in [-0.1, -0.05) is 11.6 Å². The number of anilines is 1. The molecule has 0 bridgehead atoms. The van der Waals surface area contributed by atoms with Crippen LogP contribution in [-0.4, -0.2) is 7.05 Å². The van der Waals surface area contributed by atoms with Crippen LogP contribution in [0.4, 0.5) is 5.69 Å². The molecule has 0 saturated carbocycles. The highest BCUT2D eigenvalue weighted by molar-refractivity contribution is 7.07. The van der Waals surface area contributed by atoms with Gasteiger partial charge in [-0.2, -0.15) is 16.6 Å². The topological polar surface area (TPSA) is 27.0 Å². The molecule has 0 aliphatic carbocycles. The Hall–Kier alpha value is -1.50. The number of thiophene rings is 1. The molecule has 0 spiro atoms. The Kier molecular flexibility index (Phi) is 3.68. The molecular weight excluding hydrogens is 252 g/mol. The molecule has 0 unspecified atom stereocenters. The van der Waals surface area contributed by atoms with Gasteiger partial charge in [0.05, 0.1) is 11.3 Å². The van der Waals surface area contributed by atoms with Crippen LogP contribution < -0.4 is 4.90 Å². The molecule has 0 aliphatic rings. The average molecular weight is 263 g/mol. The summed E-state index contributed by atoms with van der Waals surface area (Å²) < 4.78 is 0. The normalized spacial score (nSPS) is 9.94. The van der Waals surface area contributed by atoms with Gasteiger partial charge in [0.1, 0.15) is 6.07 Å². The van der Waals surface area contributed by atoms with Crippen molar-refractivity contribution in [2.24, 2.45) is 0 Å². The lowest BCUT2D eigenvalue weighted by molar-refractivity contribution is 0.925. The van der Waals surface area contributed by atoms with E-state index < -0.39 is 0 Å². The quantitative estimate of drug-likeness (QED) is 0.839. The molecule has 0 radical (unpaired) electrons. The number of nitrogens with zero attached hydrogens (tertiary/aromatic N) is 2. The van der Waals surface area contributed by atoms with Gasteiger partial charge >= 0.3 is 0 Å². The van der Waals surface area contributed by atoms with Crippen LogP contribution >= 0.6 is 22.9 Å². The Labute approximate surface area is 110 Å². The summed E-state index contributed by atoms with van der Waals surface area (Å²) in [7, 11) is 1.97. The van der Waals surface area contributed by atoms with Crippen LogP contribution in [0.2, 0.25) is 5.02 Å². The third-order valence-electron chi connectivity index (χ3n) is 2.49. The van der Waals surface area contributed by atoms with Gasteiger partial charge in [0.25, 0.3) is 0 Å². The molecule has 0 atom stereocenters. The molecule has 86 valence electrons. The smallest absolute Gasteiger partial charge is 0.101 e. The molecule has 0 fully saturated rings. The summed E-state index contributed by atoms with van der Waals surface area (Å²) in [5.41, 5.74) is 2.76. The first-order chi connectivity index (χ1) is 8.20. The molecule has 0 amide bonds. The van der Waals surface area contributed by atoms with E-state index in [0.29, 0.717) is 10.6 Å². The molecule has 2 nitrogen and oxygen atoms in total. The highest BCUT2D eigenvalue weighted by Crippen LogP contribution is 2.24. The number of benzene rings is 1.